The quantitative estimate of drug-likeness (QED) is 0.850. The summed E-state index contributed by atoms with van der Waals surface area (Å²) in [5.74, 6) is -0.178. The molecule has 1 N–H and O–H groups in total. The number of nitrogens with one attached hydrogen (secondary N) is 1. The second kappa shape index (κ2) is 6.31. The van der Waals surface area contributed by atoms with Gasteiger partial charge in [-0.05, 0) is 24.1 Å². The topological polar surface area (TPSA) is 29.9 Å². The Morgan fingerprint density at radius 3 is 3.00 bits per heavy atom. The number of hydrogen-bond donors (Lipinski definition) is 1. The maximum atomic E-state index is 13.2. The van der Waals surface area contributed by atoms with Gasteiger partial charge in [0.25, 0.3) is 0 Å². The third kappa shape index (κ3) is 3.40. The summed E-state index contributed by atoms with van der Waals surface area (Å²) in [5, 5.41) is 3.44. The lowest BCUT2D eigenvalue weighted by molar-refractivity contribution is 0.489. The van der Waals surface area contributed by atoms with Crippen molar-refractivity contribution in [3.63, 3.8) is 0 Å². The van der Waals surface area contributed by atoms with E-state index in [2.05, 4.69) is 17.2 Å². The Labute approximate surface area is 107 Å². The van der Waals surface area contributed by atoms with Crippen LogP contribution >= 0.6 is 0 Å². The molecule has 1 aromatic heterocycles. The first-order valence-corrected chi connectivity index (χ1v) is 6.24. The summed E-state index contributed by atoms with van der Waals surface area (Å²) in [6, 6.07) is 6.98. The van der Waals surface area contributed by atoms with Gasteiger partial charge in [0, 0.05) is 31.5 Å². The normalized spacial score (nSPS) is 12.6. The summed E-state index contributed by atoms with van der Waals surface area (Å²) < 4.78 is 15.2. The van der Waals surface area contributed by atoms with Crippen LogP contribution in [-0.2, 0) is 6.54 Å². The highest BCUT2D eigenvalue weighted by molar-refractivity contribution is 5.19. The summed E-state index contributed by atoms with van der Waals surface area (Å²) in [4.78, 5) is 4.00. The van der Waals surface area contributed by atoms with Crippen molar-refractivity contribution in [2.24, 2.45) is 0 Å². The SMILES string of the molecule is CCC(NCCn1ccnc1)c1cccc(F)c1. The van der Waals surface area contributed by atoms with Crippen molar-refractivity contribution in [2.45, 2.75) is 25.9 Å². The van der Waals surface area contributed by atoms with Crippen LogP contribution in [0.3, 0.4) is 0 Å². The number of imidazole rings is 1. The fourth-order valence-electron chi connectivity index (χ4n) is 2.01. The van der Waals surface area contributed by atoms with Crippen molar-refractivity contribution in [1.82, 2.24) is 14.9 Å². The fraction of sp³-hybridized carbons (Fsp3) is 0.357. The van der Waals surface area contributed by atoms with Crippen molar-refractivity contribution in [3.8, 4) is 0 Å². The van der Waals surface area contributed by atoms with Crippen LogP contribution in [-0.4, -0.2) is 16.1 Å². The molecule has 4 heteroatoms. The lowest BCUT2D eigenvalue weighted by atomic mass is 10.0. The molecule has 0 aliphatic carbocycles. The van der Waals surface area contributed by atoms with Crippen LogP contribution in [0.15, 0.2) is 43.0 Å². The predicted molar refractivity (Wildman–Crippen MR) is 69.7 cm³/mol. The van der Waals surface area contributed by atoms with Gasteiger partial charge in [-0.3, -0.25) is 0 Å². The van der Waals surface area contributed by atoms with Crippen LogP contribution in [0.25, 0.3) is 0 Å². The monoisotopic (exact) mass is 247 g/mol. The molecule has 0 saturated heterocycles. The van der Waals surface area contributed by atoms with Crippen LogP contribution in [0.5, 0.6) is 0 Å². The first kappa shape index (κ1) is 12.8. The molecule has 0 aliphatic rings. The van der Waals surface area contributed by atoms with Gasteiger partial charge in [0.2, 0.25) is 0 Å². The van der Waals surface area contributed by atoms with E-state index in [-0.39, 0.29) is 11.9 Å². The number of aromatic nitrogens is 2. The Kier molecular flexibility index (Phi) is 4.47. The first-order chi connectivity index (χ1) is 8.79. The molecule has 1 unspecified atom stereocenters. The molecule has 2 rings (SSSR count). The van der Waals surface area contributed by atoms with Crippen LogP contribution in [0.4, 0.5) is 4.39 Å². The highest BCUT2D eigenvalue weighted by Gasteiger charge is 2.08. The Balaban J connectivity index is 1.89. The molecule has 3 nitrogen and oxygen atoms in total. The minimum atomic E-state index is -0.178. The zero-order chi connectivity index (χ0) is 12.8. The minimum Gasteiger partial charge on any atom is -0.336 e. The van der Waals surface area contributed by atoms with Crippen LogP contribution in [0, 0.1) is 5.82 Å². The lowest BCUT2D eigenvalue weighted by Crippen LogP contribution is -2.24. The fourth-order valence-corrected chi connectivity index (χ4v) is 2.01. The predicted octanol–water partition coefficient (Wildman–Crippen LogP) is 2.76. The maximum Gasteiger partial charge on any atom is 0.123 e. The van der Waals surface area contributed by atoms with E-state index in [1.54, 1.807) is 24.7 Å². The molecule has 0 amide bonds. The summed E-state index contributed by atoms with van der Waals surface area (Å²) in [5.41, 5.74) is 1.00. The van der Waals surface area contributed by atoms with E-state index >= 15 is 0 Å². The molecule has 1 atom stereocenters. The number of nitrogens with zero attached hydrogens (tertiary/aromatic N) is 2. The molecule has 0 saturated carbocycles. The van der Waals surface area contributed by atoms with Crippen LogP contribution in [0.2, 0.25) is 0 Å². The van der Waals surface area contributed by atoms with Crippen LogP contribution < -0.4 is 5.32 Å². The smallest absolute Gasteiger partial charge is 0.123 e. The van der Waals surface area contributed by atoms with Crippen LogP contribution in [0.1, 0.15) is 24.9 Å². The molecule has 1 aromatic carbocycles. The molecule has 0 fully saturated rings. The van der Waals surface area contributed by atoms with Gasteiger partial charge in [-0.15, -0.1) is 0 Å². The summed E-state index contributed by atoms with van der Waals surface area (Å²) in [6.45, 7) is 3.80. The molecular formula is C14H18FN3. The zero-order valence-corrected chi connectivity index (χ0v) is 10.5. The van der Waals surface area contributed by atoms with Crippen molar-refractivity contribution in [3.05, 3.63) is 54.4 Å². The van der Waals surface area contributed by atoms with Crippen molar-refractivity contribution >= 4 is 0 Å². The van der Waals surface area contributed by atoms with E-state index in [4.69, 9.17) is 0 Å². The molecule has 0 bridgehead atoms. The largest absolute Gasteiger partial charge is 0.336 e. The second-order valence-corrected chi connectivity index (χ2v) is 4.27. The average Bonchev–Trinajstić information content (AvgIpc) is 2.88. The van der Waals surface area contributed by atoms with Gasteiger partial charge < -0.3 is 9.88 Å². The molecule has 0 spiro atoms. The highest BCUT2D eigenvalue weighted by Crippen LogP contribution is 2.17. The third-order valence-electron chi connectivity index (χ3n) is 2.98. The molecule has 2 aromatic rings. The summed E-state index contributed by atoms with van der Waals surface area (Å²) >= 11 is 0. The first-order valence-electron chi connectivity index (χ1n) is 6.24. The van der Waals surface area contributed by atoms with E-state index in [9.17, 15) is 4.39 Å². The van der Waals surface area contributed by atoms with E-state index in [0.717, 1.165) is 25.1 Å². The Morgan fingerprint density at radius 1 is 1.44 bits per heavy atom. The maximum absolute atomic E-state index is 13.2. The van der Waals surface area contributed by atoms with Gasteiger partial charge in [0.1, 0.15) is 5.82 Å². The van der Waals surface area contributed by atoms with E-state index in [1.807, 2.05) is 16.8 Å². The van der Waals surface area contributed by atoms with Crippen molar-refractivity contribution in [2.75, 3.05) is 6.54 Å². The van der Waals surface area contributed by atoms with Gasteiger partial charge in [-0.25, -0.2) is 9.37 Å². The standard InChI is InChI=1S/C14H18FN3/c1-2-14(12-4-3-5-13(15)10-12)17-7-9-18-8-6-16-11-18/h3-6,8,10-11,14,17H,2,7,9H2,1H3. The van der Waals surface area contributed by atoms with Gasteiger partial charge in [0.15, 0.2) is 0 Å². The highest BCUT2D eigenvalue weighted by atomic mass is 19.1. The lowest BCUT2D eigenvalue weighted by Gasteiger charge is -2.17. The van der Waals surface area contributed by atoms with E-state index in [1.165, 1.54) is 6.07 Å². The van der Waals surface area contributed by atoms with Gasteiger partial charge in [-0.2, -0.15) is 0 Å². The molecule has 0 aliphatic heterocycles. The summed E-state index contributed by atoms with van der Waals surface area (Å²) in [6.07, 6.45) is 6.44. The number of benzene rings is 1. The number of halogens is 1. The molecule has 0 radical (unpaired) electrons. The van der Waals surface area contributed by atoms with E-state index < -0.39 is 0 Å². The number of hydrogen-bond acceptors (Lipinski definition) is 2. The summed E-state index contributed by atoms with van der Waals surface area (Å²) in [7, 11) is 0. The minimum absolute atomic E-state index is 0.178. The van der Waals surface area contributed by atoms with E-state index in [0.29, 0.717) is 0 Å². The zero-order valence-electron chi connectivity index (χ0n) is 10.5. The molecule has 18 heavy (non-hydrogen) atoms. The van der Waals surface area contributed by atoms with Crippen molar-refractivity contribution in [1.29, 1.82) is 0 Å². The second-order valence-electron chi connectivity index (χ2n) is 4.27. The molecule has 1 heterocycles. The Hall–Kier alpha value is -1.68. The van der Waals surface area contributed by atoms with Gasteiger partial charge in [0.05, 0.1) is 6.33 Å². The van der Waals surface area contributed by atoms with Gasteiger partial charge >= 0.3 is 0 Å². The molecule has 96 valence electrons. The molecular weight excluding hydrogens is 229 g/mol. The Morgan fingerprint density at radius 2 is 2.33 bits per heavy atom. The number of rotatable bonds is 6. The van der Waals surface area contributed by atoms with Gasteiger partial charge in [-0.1, -0.05) is 19.1 Å². The third-order valence-corrected chi connectivity index (χ3v) is 2.98. The van der Waals surface area contributed by atoms with Crippen molar-refractivity contribution < 1.29 is 4.39 Å². The average molecular weight is 247 g/mol. The Bertz CT molecular complexity index is 468.